The predicted octanol–water partition coefficient (Wildman–Crippen LogP) is 0.879. The molecule has 1 aromatic rings. The molecule has 0 aliphatic carbocycles. The third-order valence-electron chi connectivity index (χ3n) is 7.11. The molecular formula is C22H28N4O3. The predicted molar refractivity (Wildman–Crippen MR) is 107 cm³/mol. The average Bonchev–Trinajstić information content (AvgIpc) is 3.05. The zero-order chi connectivity index (χ0) is 20.0. The summed E-state index contributed by atoms with van der Waals surface area (Å²) >= 11 is 0. The number of carbonyl (C=O) groups is 3. The minimum atomic E-state index is -0.550. The molecule has 2 N–H and O–H groups in total. The Morgan fingerprint density at radius 3 is 2.83 bits per heavy atom. The summed E-state index contributed by atoms with van der Waals surface area (Å²) in [5, 5.41) is 5.88. The molecule has 0 saturated carbocycles. The number of carbonyl (C=O) groups excluding carboxylic acids is 3. The second-order valence-electron chi connectivity index (χ2n) is 8.89. The van der Waals surface area contributed by atoms with Crippen molar-refractivity contribution in [1.82, 2.24) is 20.4 Å². The van der Waals surface area contributed by atoms with Gasteiger partial charge in [-0.2, -0.15) is 0 Å². The summed E-state index contributed by atoms with van der Waals surface area (Å²) in [5.74, 6) is 0.861. The van der Waals surface area contributed by atoms with Crippen LogP contribution in [0.25, 0.3) is 0 Å². The normalized spacial score (nSPS) is 30.1. The molecule has 3 fully saturated rings. The topological polar surface area (TPSA) is 81.8 Å². The monoisotopic (exact) mass is 396 g/mol. The largest absolute Gasteiger partial charge is 0.322 e. The fraction of sp³-hybridized carbons (Fsp3) is 0.591. The summed E-state index contributed by atoms with van der Waals surface area (Å²) in [6, 6.07) is 5.51. The molecule has 0 spiro atoms. The molecule has 1 aromatic carbocycles. The zero-order valence-electron chi connectivity index (χ0n) is 16.7. The van der Waals surface area contributed by atoms with Crippen molar-refractivity contribution in [3.8, 4) is 0 Å². The maximum atomic E-state index is 13.2. The quantitative estimate of drug-likeness (QED) is 0.742. The van der Waals surface area contributed by atoms with Crippen molar-refractivity contribution in [2.24, 2.45) is 11.8 Å². The Kier molecular flexibility index (Phi) is 4.87. The molecule has 3 amide bonds. The van der Waals surface area contributed by atoms with Gasteiger partial charge in [0.1, 0.15) is 6.04 Å². The Hall–Kier alpha value is -2.25. The molecule has 7 heteroatoms. The second-order valence-corrected chi connectivity index (χ2v) is 8.89. The Balaban J connectivity index is 1.32. The van der Waals surface area contributed by atoms with E-state index in [-0.39, 0.29) is 24.1 Å². The summed E-state index contributed by atoms with van der Waals surface area (Å²) in [4.78, 5) is 41.1. The van der Waals surface area contributed by atoms with Crippen LogP contribution in [-0.2, 0) is 22.7 Å². The lowest BCUT2D eigenvalue weighted by Crippen LogP contribution is -2.52. The highest BCUT2D eigenvalue weighted by molar-refractivity contribution is 6.05. The van der Waals surface area contributed by atoms with Crippen molar-refractivity contribution in [2.75, 3.05) is 26.2 Å². The SMILES string of the molecule is O=C1CCC(N2Cc3cccc(CN4CC[C@@H]5CNCC[C@@H]5C4)c3C2=O)C(=O)N1. The molecule has 154 valence electrons. The van der Waals surface area contributed by atoms with Gasteiger partial charge in [0.05, 0.1) is 0 Å². The lowest BCUT2D eigenvalue weighted by molar-refractivity contribution is -0.136. The highest BCUT2D eigenvalue weighted by atomic mass is 16.2. The number of nitrogens with one attached hydrogen (secondary N) is 2. The Morgan fingerprint density at radius 2 is 1.97 bits per heavy atom. The van der Waals surface area contributed by atoms with E-state index in [0.717, 1.165) is 61.2 Å². The minimum absolute atomic E-state index is 0.0677. The number of amides is 3. The molecule has 0 radical (unpaired) electrons. The van der Waals surface area contributed by atoms with Gasteiger partial charge in [0.25, 0.3) is 5.91 Å². The van der Waals surface area contributed by atoms with Crippen molar-refractivity contribution in [3.05, 3.63) is 34.9 Å². The molecule has 3 atom stereocenters. The third kappa shape index (κ3) is 3.46. The lowest BCUT2D eigenvalue weighted by atomic mass is 9.81. The first kappa shape index (κ1) is 18.8. The molecule has 4 heterocycles. The Bertz CT molecular complexity index is 854. The average molecular weight is 396 g/mol. The van der Waals surface area contributed by atoms with Crippen LogP contribution in [0.15, 0.2) is 18.2 Å². The van der Waals surface area contributed by atoms with Gasteiger partial charge in [-0.3, -0.25) is 24.6 Å². The number of piperidine rings is 3. The fourth-order valence-electron chi connectivity index (χ4n) is 5.53. The van der Waals surface area contributed by atoms with E-state index in [0.29, 0.717) is 13.0 Å². The number of rotatable bonds is 3. The summed E-state index contributed by atoms with van der Waals surface area (Å²) in [6.45, 7) is 5.64. The number of hydrogen-bond donors (Lipinski definition) is 2. The van der Waals surface area contributed by atoms with E-state index in [4.69, 9.17) is 0 Å². The van der Waals surface area contributed by atoms with Crippen molar-refractivity contribution < 1.29 is 14.4 Å². The van der Waals surface area contributed by atoms with E-state index in [1.807, 2.05) is 12.1 Å². The van der Waals surface area contributed by atoms with Crippen molar-refractivity contribution >= 4 is 17.7 Å². The smallest absolute Gasteiger partial charge is 0.255 e. The van der Waals surface area contributed by atoms with Gasteiger partial charge < -0.3 is 10.2 Å². The standard InChI is InChI=1S/C22H28N4O3/c27-19-5-4-18(21(28)24-19)26-13-17-3-1-2-16(20(17)22(26)29)12-25-9-7-14-10-23-8-6-15(14)11-25/h1-3,14-15,18,23H,4-13H2,(H,24,27,28)/t14-,15-,18?/m1/s1. The van der Waals surface area contributed by atoms with E-state index in [2.05, 4.69) is 21.6 Å². The molecule has 29 heavy (non-hydrogen) atoms. The summed E-state index contributed by atoms with van der Waals surface area (Å²) in [7, 11) is 0. The van der Waals surface area contributed by atoms with Crippen LogP contribution in [0.4, 0.5) is 0 Å². The molecule has 4 aliphatic heterocycles. The van der Waals surface area contributed by atoms with Crippen LogP contribution >= 0.6 is 0 Å². The van der Waals surface area contributed by atoms with Gasteiger partial charge in [-0.05, 0) is 61.9 Å². The summed E-state index contributed by atoms with van der Waals surface area (Å²) < 4.78 is 0. The molecule has 7 nitrogen and oxygen atoms in total. The first-order valence-corrected chi connectivity index (χ1v) is 10.8. The zero-order valence-corrected chi connectivity index (χ0v) is 16.7. The van der Waals surface area contributed by atoms with E-state index in [9.17, 15) is 14.4 Å². The van der Waals surface area contributed by atoms with Gasteiger partial charge in [-0.15, -0.1) is 0 Å². The molecule has 1 unspecified atom stereocenters. The van der Waals surface area contributed by atoms with Gasteiger partial charge in [-0.1, -0.05) is 18.2 Å². The van der Waals surface area contributed by atoms with Crippen LogP contribution in [0.3, 0.4) is 0 Å². The highest BCUT2D eigenvalue weighted by Crippen LogP contribution is 2.33. The molecule has 3 saturated heterocycles. The molecule has 0 aromatic heterocycles. The van der Waals surface area contributed by atoms with Crippen molar-refractivity contribution in [2.45, 2.75) is 44.8 Å². The Labute approximate surface area is 170 Å². The molecule has 4 aliphatic rings. The lowest BCUT2D eigenvalue weighted by Gasteiger charge is -2.41. The highest BCUT2D eigenvalue weighted by Gasteiger charge is 2.40. The summed E-state index contributed by atoms with van der Waals surface area (Å²) in [5.41, 5.74) is 2.83. The third-order valence-corrected chi connectivity index (χ3v) is 7.11. The molecule has 0 bridgehead atoms. The van der Waals surface area contributed by atoms with Gasteiger partial charge in [-0.25, -0.2) is 0 Å². The minimum Gasteiger partial charge on any atom is -0.322 e. The van der Waals surface area contributed by atoms with E-state index in [1.165, 1.54) is 12.8 Å². The van der Waals surface area contributed by atoms with E-state index < -0.39 is 6.04 Å². The van der Waals surface area contributed by atoms with Gasteiger partial charge in [0.2, 0.25) is 11.8 Å². The van der Waals surface area contributed by atoms with Crippen LogP contribution in [0.5, 0.6) is 0 Å². The molecule has 5 rings (SSSR count). The number of hydrogen-bond acceptors (Lipinski definition) is 5. The van der Waals surface area contributed by atoms with Crippen LogP contribution < -0.4 is 10.6 Å². The number of fused-ring (bicyclic) bond motifs is 2. The van der Waals surface area contributed by atoms with Crippen LogP contribution in [0, 0.1) is 11.8 Å². The fourth-order valence-corrected chi connectivity index (χ4v) is 5.53. The summed E-state index contributed by atoms with van der Waals surface area (Å²) in [6.07, 6.45) is 3.14. The maximum absolute atomic E-state index is 13.2. The van der Waals surface area contributed by atoms with Crippen LogP contribution in [-0.4, -0.2) is 59.7 Å². The van der Waals surface area contributed by atoms with Crippen LogP contribution in [0.2, 0.25) is 0 Å². The van der Waals surface area contributed by atoms with Gasteiger partial charge >= 0.3 is 0 Å². The van der Waals surface area contributed by atoms with E-state index in [1.54, 1.807) is 4.90 Å². The second kappa shape index (κ2) is 7.54. The van der Waals surface area contributed by atoms with Crippen LogP contribution in [0.1, 0.15) is 47.2 Å². The number of nitrogens with zero attached hydrogens (tertiary/aromatic N) is 2. The Morgan fingerprint density at radius 1 is 1.07 bits per heavy atom. The number of benzene rings is 1. The number of imide groups is 1. The maximum Gasteiger partial charge on any atom is 0.255 e. The van der Waals surface area contributed by atoms with Crippen molar-refractivity contribution in [1.29, 1.82) is 0 Å². The van der Waals surface area contributed by atoms with E-state index >= 15 is 0 Å². The first-order valence-electron chi connectivity index (χ1n) is 10.8. The van der Waals surface area contributed by atoms with Gasteiger partial charge in [0, 0.05) is 31.6 Å². The van der Waals surface area contributed by atoms with Gasteiger partial charge in [0.15, 0.2) is 0 Å². The molecular weight excluding hydrogens is 368 g/mol. The first-order chi connectivity index (χ1) is 14.1. The van der Waals surface area contributed by atoms with Crippen molar-refractivity contribution in [3.63, 3.8) is 0 Å². The number of likely N-dealkylation sites (tertiary alicyclic amines) is 1.